The number of benzene rings is 4. The van der Waals surface area contributed by atoms with E-state index in [9.17, 15) is 8.78 Å². The highest BCUT2D eigenvalue weighted by Gasteiger charge is 2.28. The second-order valence-electron chi connectivity index (χ2n) is 14.7. The first-order chi connectivity index (χ1) is 23.6. The van der Waals surface area contributed by atoms with Crippen molar-refractivity contribution >= 4 is 34.6 Å². The summed E-state index contributed by atoms with van der Waals surface area (Å²) in [5, 5.41) is 0.496. The highest BCUT2D eigenvalue weighted by molar-refractivity contribution is 6.33. The third-order valence-electron chi connectivity index (χ3n) is 9.54. The first-order valence-corrected chi connectivity index (χ1v) is 18.2. The van der Waals surface area contributed by atoms with Crippen molar-refractivity contribution in [2.24, 2.45) is 9.98 Å². The van der Waals surface area contributed by atoms with Crippen LogP contribution in [0.1, 0.15) is 116 Å². The van der Waals surface area contributed by atoms with Gasteiger partial charge in [-0.25, -0.2) is 18.8 Å². The number of para-hydroxylation sites is 1. The van der Waals surface area contributed by atoms with Gasteiger partial charge in [-0.15, -0.1) is 0 Å². The SMILES string of the molecule is Cc1cc(C)c(N=C(c2cc(F)cc(F)c2)N2CCCN(C(=Nc3c(C(C)C)cccc3C(C)C)c3c(C)cc(C(C)C)cc3C)C2)c(Cl)c1. The lowest BCUT2D eigenvalue weighted by molar-refractivity contribution is 0.214. The first kappa shape index (κ1) is 37.2. The van der Waals surface area contributed by atoms with E-state index in [1.807, 2.05) is 26.0 Å². The van der Waals surface area contributed by atoms with Crippen LogP contribution in [-0.4, -0.2) is 41.2 Å². The Labute approximate surface area is 302 Å². The topological polar surface area (TPSA) is 31.2 Å². The van der Waals surface area contributed by atoms with Crippen molar-refractivity contribution in [3.63, 3.8) is 0 Å². The summed E-state index contributed by atoms with van der Waals surface area (Å²) in [5.41, 5.74) is 11.0. The largest absolute Gasteiger partial charge is 0.338 e. The maximum atomic E-state index is 14.8. The van der Waals surface area contributed by atoms with Gasteiger partial charge in [0.2, 0.25) is 0 Å². The van der Waals surface area contributed by atoms with Crippen LogP contribution in [0.15, 0.2) is 70.6 Å². The number of aliphatic imine (C=N–C) groups is 2. The Balaban J connectivity index is 1.73. The second kappa shape index (κ2) is 15.5. The first-order valence-electron chi connectivity index (χ1n) is 17.8. The molecule has 0 spiro atoms. The van der Waals surface area contributed by atoms with E-state index in [2.05, 4.69) is 95.5 Å². The van der Waals surface area contributed by atoms with E-state index in [0.29, 0.717) is 41.2 Å². The number of nitrogens with zero attached hydrogens (tertiary/aromatic N) is 4. The minimum atomic E-state index is -0.654. The van der Waals surface area contributed by atoms with E-state index in [0.717, 1.165) is 47.2 Å². The molecule has 0 aromatic heterocycles. The number of rotatable bonds is 7. The Morgan fingerprint density at radius 1 is 0.660 bits per heavy atom. The summed E-state index contributed by atoms with van der Waals surface area (Å²) < 4.78 is 29.6. The number of aryl methyl sites for hydroxylation is 4. The van der Waals surface area contributed by atoms with Crippen LogP contribution in [0.2, 0.25) is 5.02 Å². The average Bonchev–Trinajstić information content (AvgIpc) is 3.02. The fraction of sp³-hybridized carbons (Fsp3) is 0.395. The summed E-state index contributed by atoms with van der Waals surface area (Å²) in [6.07, 6.45) is 0.793. The van der Waals surface area contributed by atoms with E-state index in [-0.39, 0.29) is 11.8 Å². The molecule has 1 aliphatic heterocycles. The van der Waals surface area contributed by atoms with Gasteiger partial charge in [-0.05, 0) is 109 Å². The monoisotopic (exact) mass is 696 g/mol. The third kappa shape index (κ3) is 8.12. The lowest BCUT2D eigenvalue weighted by Crippen LogP contribution is -2.50. The highest BCUT2D eigenvalue weighted by Crippen LogP contribution is 2.37. The van der Waals surface area contributed by atoms with E-state index in [1.54, 1.807) is 0 Å². The lowest BCUT2D eigenvalue weighted by atomic mass is 9.91. The maximum absolute atomic E-state index is 14.8. The Hall–Kier alpha value is -4.03. The molecule has 0 aliphatic carbocycles. The van der Waals surface area contributed by atoms with Gasteiger partial charge in [-0.2, -0.15) is 0 Å². The molecule has 5 rings (SSSR count). The van der Waals surface area contributed by atoms with Gasteiger partial charge in [0, 0.05) is 30.3 Å². The minimum absolute atomic E-state index is 0.279. The molecule has 1 aliphatic rings. The highest BCUT2D eigenvalue weighted by atomic mass is 35.5. The average molecular weight is 697 g/mol. The quantitative estimate of drug-likeness (QED) is 0.142. The molecule has 0 unspecified atom stereocenters. The van der Waals surface area contributed by atoms with Gasteiger partial charge >= 0.3 is 0 Å². The summed E-state index contributed by atoms with van der Waals surface area (Å²) in [4.78, 5) is 15.1. The molecule has 0 amide bonds. The zero-order valence-electron chi connectivity index (χ0n) is 31.3. The Bertz CT molecular complexity index is 1850. The number of halogens is 3. The van der Waals surface area contributed by atoms with Crippen molar-refractivity contribution in [1.29, 1.82) is 0 Å². The Kier molecular flexibility index (Phi) is 11.5. The molecule has 264 valence electrons. The van der Waals surface area contributed by atoms with Crippen LogP contribution in [0.3, 0.4) is 0 Å². The van der Waals surface area contributed by atoms with Crippen LogP contribution in [-0.2, 0) is 0 Å². The fourth-order valence-corrected chi connectivity index (χ4v) is 7.38. The van der Waals surface area contributed by atoms with Gasteiger partial charge in [-0.1, -0.05) is 89.5 Å². The zero-order valence-corrected chi connectivity index (χ0v) is 32.0. The van der Waals surface area contributed by atoms with Crippen molar-refractivity contribution in [3.05, 3.63) is 127 Å². The Morgan fingerprint density at radius 2 is 1.20 bits per heavy atom. The summed E-state index contributed by atoms with van der Waals surface area (Å²) >= 11 is 6.76. The van der Waals surface area contributed by atoms with E-state index >= 15 is 0 Å². The molecule has 1 heterocycles. The van der Waals surface area contributed by atoms with Gasteiger partial charge < -0.3 is 9.80 Å². The predicted octanol–water partition coefficient (Wildman–Crippen LogP) is 12.0. The molecule has 1 saturated heterocycles. The minimum Gasteiger partial charge on any atom is -0.338 e. The van der Waals surface area contributed by atoms with Crippen molar-refractivity contribution in [3.8, 4) is 0 Å². The number of hydrogen-bond acceptors (Lipinski definition) is 2. The normalized spacial score (nSPS) is 14.5. The van der Waals surface area contributed by atoms with Gasteiger partial charge in [0.1, 0.15) is 23.3 Å². The summed E-state index contributed by atoms with van der Waals surface area (Å²) in [5.74, 6) is 1.00. The third-order valence-corrected chi connectivity index (χ3v) is 9.83. The summed E-state index contributed by atoms with van der Waals surface area (Å²) in [7, 11) is 0. The summed E-state index contributed by atoms with van der Waals surface area (Å²) in [6.45, 7) is 23.4. The van der Waals surface area contributed by atoms with E-state index in [4.69, 9.17) is 21.6 Å². The molecule has 0 atom stereocenters. The van der Waals surface area contributed by atoms with E-state index < -0.39 is 11.6 Å². The lowest BCUT2D eigenvalue weighted by Gasteiger charge is -2.40. The molecule has 1 fully saturated rings. The Morgan fingerprint density at radius 3 is 1.72 bits per heavy atom. The van der Waals surface area contributed by atoms with Gasteiger partial charge in [-0.3, -0.25) is 0 Å². The number of hydrogen-bond donors (Lipinski definition) is 0. The second-order valence-corrected chi connectivity index (χ2v) is 15.1. The molecule has 7 heteroatoms. The summed E-state index contributed by atoms with van der Waals surface area (Å²) in [6, 6.07) is 18.6. The molecule has 0 bridgehead atoms. The zero-order chi connectivity index (χ0) is 36.4. The van der Waals surface area contributed by atoms with Crippen LogP contribution >= 0.6 is 11.6 Å². The molecule has 0 saturated carbocycles. The molecule has 0 N–H and O–H groups in total. The molecular weight excluding hydrogens is 646 g/mol. The van der Waals surface area contributed by atoms with Crippen molar-refractivity contribution in [2.45, 2.75) is 93.4 Å². The van der Waals surface area contributed by atoms with Gasteiger partial charge in [0.25, 0.3) is 0 Å². The maximum Gasteiger partial charge on any atom is 0.138 e. The van der Waals surface area contributed by atoms with Crippen molar-refractivity contribution < 1.29 is 8.78 Å². The van der Waals surface area contributed by atoms with Crippen LogP contribution in [0.4, 0.5) is 20.2 Å². The van der Waals surface area contributed by atoms with Gasteiger partial charge in [0.15, 0.2) is 0 Å². The molecule has 50 heavy (non-hydrogen) atoms. The van der Waals surface area contributed by atoms with Crippen LogP contribution in [0, 0.1) is 39.3 Å². The molecule has 4 aromatic carbocycles. The fourth-order valence-electron chi connectivity index (χ4n) is 7.02. The molecular formula is C43H51ClF2N4. The van der Waals surface area contributed by atoms with E-state index in [1.165, 1.54) is 39.9 Å². The van der Waals surface area contributed by atoms with Crippen LogP contribution in [0.5, 0.6) is 0 Å². The smallest absolute Gasteiger partial charge is 0.138 e. The van der Waals surface area contributed by atoms with Crippen LogP contribution < -0.4 is 0 Å². The van der Waals surface area contributed by atoms with Crippen molar-refractivity contribution in [2.75, 3.05) is 19.8 Å². The van der Waals surface area contributed by atoms with Crippen LogP contribution in [0.25, 0.3) is 0 Å². The standard InChI is InChI=1S/C43H51ClF2N4/c1-25(2)32-19-29(8)39(30(9)20-32)43(48-41-36(26(3)4)13-11-14-37(41)27(5)6)50-16-12-15-49(24-50)42(33-21-34(45)23-35(46)22-33)47-40-31(10)17-28(7)18-38(40)44/h11,13-14,17-23,25-27H,12,15-16,24H2,1-10H3. The van der Waals surface area contributed by atoms with Gasteiger partial charge in [0.05, 0.1) is 23.1 Å². The molecule has 4 aromatic rings. The predicted molar refractivity (Wildman–Crippen MR) is 207 cm³/mol. The molecule has 4 nitrogen and oxygen atoms in total. The number of amidine groups is 2. The van der Waals surface area contributed by atoms with Crippen molar-refractivity contribution in [1.82, 2.24) is 9.80 Å². The molecule has 0 radical (unpaired) electrons.